The van der Waals surface area contributed by atoms with Gasteiger partial charge < -0.3 is 15.0 Å². The molecule has 0 spiro atoms. The van der Waals surface area contributed by atoms with Crippen LogP contribution in [0, 0.1) is 0 Å². The zero-order valence-electron chi connectivity index (χ0n) is 13.0. The molecule has 0 aliphatic carbocycles. The van der Waals surface area contributed by atoms with E-state index in [4.69, 9.17) is 4.74 Å². The second-order valence-electron chi connectivity index (χ2n) is 5.59. The van der Waals surface area contributed by atoms with Crippen LogP contribution in [0.1, 0.15) is 33.4 Å². The first-order valence-corrected chi connectivity index (χ1v) is 6.85. The lowest BCUT2D eigenvalue weighted by Gasteiger charge is -2.26. The van der Waals surface area contributed by atoms with E-state index in [1.165, 1.54) is 0 Å². The molecule has 1 N–H and O–H groups in total. The Morgan fingerprint density at radius 2 is 2.20 bits per heavy atom. The molecule has 0 unspecified atom stereocenters. The topological polar surface area (TPSA) is 72.3 Å². The fraction of sp³-hybridized carbons (Fsp3) is 0.769. The molecule has 0 aliphatic rings. The van der Waals surface area contributed by atoms with Gasteiger partial charge in [-0.1, -0.05) is 5.21 Å². The third kappa shape index (κ3) is 5.56. The maximum Gasteiger partial charge on any atom is 0.410 e. The number of aromatic nitrogens is 3. The molecule has 0 bridgehead atoms. The first-order valence-electron chi connectivity index (χ1n) is 6.85. The molecular formula is C13H25N5O2. The summed E-state index contributed by atoms with van der Waals surface area (Å²) < 4.78 is 7.07. The minimum absolute atomic E-state index is 0.274. The van der Waals surface area contributed by atoms with Crippen molar-refractivity contribution in [1.82, 2.24) is 25.2 Å². The SMILES string of the molecule is CCN(CCNCc1cnnn1C)C(=O)OC(C)(C)C. The zero-order chi connectivity index (χ0) is 15.2. The first kappa shape index (κ1) is 16.4. The summed E-state index contributed by atoms with van der Waals surface area (Å²) in [7, 11) is 1.85. The van der Waals surface area contributed by atoms with Gasteiger partial charge in [0, 0.05) is 33.2 Å². The number of nitrogens with one attached hydrogen (secondary N) is 1. The molecule has 0 saturated heterocycles. The maximum absolute atomic E-state index is 11.9. The highest BCUT2D eigenvalue weighted by Crippen LogP contribution is 2.09. The number of nitrogens with zero attached hydrogens (tertiary/aromatic N) is 4. The fourth-order valence-corrected chi connectivity index (χ4v) is 1.61. The van der Waals surface area contributed by atoms with Crippen molar-refractivity contribution in [2.24, 2.45) is 7.05 Å². The zero-order valence-corrected chi connectivity index (χ0v) is 13.0. The van der Waals surface area contributed by atoms with Crippen LogP contribution in [-0.2, 0) is 18.3 Å². The highest BCUT2D eigenvalue weighted by molar-refractivity contribution is 5.68. The molecule has 1 aromatic rings. The predicted octanol–water partition coefficient (Wildman–Crippen LogP) is 1.16. The van der Waals surface area contributed by atoms with Crippen LogP contribution in [0.15, 0.2) is 6.20 Å². The van der Waals surface area contributed by atoms with Gasteiger partial charge in [-0.2, -0.15) is 0 Å². The van der Waals surface area contributed by atoms with E-state index in [9.17, 15) is 4.79 Å². The van der Waals surface area contributed by atoms with E-state index in [1.807, 2.05) is 34.7 Å². The first-order chi connectivity index (χ1) is 9.33. The average Bonchev–Trinajstić information content (AvgIpc) is 2.72. The van der Waals surface area contributed by atoms with E-state index in [0.29, 0.717) is 26.2 Å². The van der Waals surface area contributed by atoms with Gasteiger partial charge in [0.05, 0.1) is 11.9 Å². The minimum atomic E-state index is -0.460. The summed E-state index contributed by atoms with van der Waals surface area (Å²) in [5.41, 5.74) is 0.545. The van der Waals surface area contributed by atoms with Crippen LogP contribution in [0.4, 0.5) is 4.79 Å². The highest BCUT2D eigenvalue weighted by atomic mass is 16.6. The summed E-state index contributed by atoms with van der Waals surface area (Å²) in [4.78, 5) is 13.6. The summed E-state index contributed by atoms with van der Waals surface area (Å²) >= 11 is 0. The Kier molecular flexibility index (Phi) is 5.94. The van der Waals surface area contributed by atoms with Crippen molar-refractivity contribution in [3.05, 3.63) is 11.9 Å². The van der Waals surface area contributed by atoms with Gasteiger partial charge >= 0.3 is 6.09 Å². The molecule has 7 nitrogen and oxygen atoms in total. The van der Waals surface area contributed by atoms with Gasteiger partial charge in [0.1, 0.15) is 5.60 Å². The molecule has 20 heavy (non-hydrogen) atoms. The number of ether oxygens (including phenoxy) is 1. The Labute approximate surface area is 120 Å². The Morgan fingerprint density at radius 1 is 1.50 bits per heavy atom. The summed E-state index contributed by atoms with van der Waals surface area (Å²) in [5.74, 6) is 0. The maximum atomic E-state index is 11.9. The van der Waals surface area contributed by atoms with Crippen LogP contribution in [-0.4, -0.2) is 51.2 Å². The predicted molar refractivity (Wildman–Crippen MR) is 76.2 cm³/mol. The van der Waals surface area contributed by atoms with Gasteiger partial charge in [-0.25, -0.2) is 4.79 Å². The quantitative estimate of drug-likeness (QED) is 0.793. The van der Waals surface area contributed by atoms with E-state index >= 15 is 0 Å². The van der Waals surface area contributed by atoms with Gasteiger partial charge in [-0.15, -0.1) is 5.10 Å². The van der Waals surface area contributed by atoms with Crippen LogP contribution >= 0.6 is 0 Å². The van der Waals surface area contributed by atoms with Gasteiger partial charge in [-0.3, -0.25) is 4.68 Å². The van der Waals surface area contributed by atoms with Crippen LogP contribution in [0.25, 0.3) is 0 Å². The number of rotatable bonds is 6. The molecule has 0 atom stereocenters. The summed E-state index contributed by atoms with van der Waals surface area (Å²) in [5, 5.41) is 10.9. The van der Waals surface area contributed by atoms with Crippen LogP contribution in [0.3, 0.4) is 0 Å². The molecule has 0 aromatic carbocycles. The number of likely N-dealkylation sites (N-methyl/N-ethyl adjacent to an activating group) is 1. The molecule has 0 fully saturated rings. The van der Waals surface area contributed by atoms with Crippen molar-refractivity contribution in [1.29, 1.82) is 0 Å². The normalized spacial score (nSPS) is 11.4. The van der Waals surface area contributed by atoms with Gasteiger partial charge in [0.25, 0.3) is 0 Å². The molecule has 1 heterocycles. The Morgan fingerprint density at radius 3 is 2.70 bits per heavy atom. The molecule has 1 rings (SSSR count). The van der Waals surface area contributed by atoms with Crippen molar-refractivity contribution in [2.45, 2.75) is 39.8 Å². The highest BCUT2D eigenvalue weighted by Gasteiger charge is 2.20. The van der Waals surface area contributed by atoms with Gasteiger partial charge in [0.2, 0.25) is 0 Å². The van der Waals surface area contributed by atoms with Crippen LogP contribution in [0.5, 0.6) is 0 Å². The van der Waals surface area contributed by atoms with E-state index in [0.717, 1.165) is 5.69 Å². The molecular weight excluding hydrogens is 258 g/mol. The summed E-state index contributed by atoms with van der Waals surface area (Å²) in [6.45, 7) is 10.1. The van der Waals surface area contributed by atoms with Crippen molar-refractivity contribution >= 4 is 6.09 Å². The third-order valence-electron chi connectivity index (χ3n) is 2.71. The lowest BCUT2D eigenvalue weighted by atomic mass is 10.2. The van der Waals surface area contributed by atoms with Crippen molar-refractivity contribution in [3.63, 3.8) is 0 Å². The molecule has 0 aliphatic heterocycles. The summed E-state index contributed by atoms with van der Waals surface area (Å²) in [6.07, 6.45) is 1.45. The lowest BCUT2D eigenvalue weighted by molar-refractivity contribution is 0.0262. The molecule has 1 amide bonds. The monoisotopic (exact) mass is 283 g/mol. The number of aryl methyl sites for hydroxylation is 1. The second kappa shape index (κ2) is 7.23. The Hall–Kier alpha value is -1.63. The van der Waals surface area contributed by atoms with E-state index in [2.05, 4.69) is 15.6 Å². The molecule has 7 heteroatoms. The molecule has 114 valence electrons. The summed E-state index contributed by atoms with van der Waals surface area (Å²) in [6, 6.07) is 0. The number of amides is 1. The number of carbonyl (C=O) groups excluding carboxylic acids is 1. The second-order valence-corrected chi connectivity index (χ2v) is 5.59. The van der Waals surface area contributed by atoms with Crippen LogP contribution in [0.2, 0.25) is 0 Å². The van der Waals surface area contributed by atoms with E-state index in [-0.39, 0.29) is 6.09 Å². The molecule has 0 saturated carbocycles. The van der Waals surface area contributed by atoms with Crippen molar-refractivity contribution < 1.29 is 9.53 Å². The molecule has 1 aromatic heterocycles. The minimum Gasteiger partial charge on any atom is -0.444 e. The molecule has 0 radical (unpaired) electrons. The third-order valence-corrected chi connectivity index (χ3v) is 2.71. The van der Waals surface area contributed by atoms with Crippen molar-refractivity contribution in [3.8, 4) is 0 Å². The standard InChI is InChI=1S/C13H25N5O2/c1-6-18(12(19)20-13(2,3)4)8-7-14-9-11-10-15-16-17(11)5/h10,14H,6-9H2,1-5H3. The number of hydrogen-bond donors (Lipinski definition) is 1. The van der Waals surface area contributed by atoms with E-state index in [1.54, 1.807) is 15.8 Å². The average molecular weight is 283 g/mol. The van der Waals surface area contributed by atoms with Crippen molar-refractivity contribution in [2.75, 3.05) is 19.6 Å². The van der Waals surface area contributed by atoms with Crippen LogP contribution < -0.4 is 5.32 Å². The van der Waals surface area contributed by atoms with E-state index < -0.39 is 5.60 Å². The van der Waals surface area contributed by atoms with Gasteiger partial charge in [0.15, 0.2) is 0 Å². The lowest BCUT2D eigenvalue weighted by Crippen LogP contribution is -2.40. The fourth-order valence-electron chi connectivity index (χ4n) is 1.61. The Bertz CT molecular complexity index is 425. The van der Waals surface area contributed by atoms with Gasteiger partial charge in [-0.05, 0) is 27.7 Å². The smallest absolute Gasteiger partial charge is 0.410 e. The number of carbonyl (C=O) groups is 1. The Balaban J connectivity index is 2.31. The number of hydrogen-bond acceptors (Lipinski definition) is 5. The largest absolute Gasteiger partial charge is 0.444 e.